The summed E-state index contributed by atoms with van der Waals surface area (Å²) in [5, 5.41) is 11.7. The molecule has 2 rings (SSSR count). The van der Waals surface area contributed by atoms with Crippen LogP contribution in [-0.2, 0) is 9.59 Å². The Morgan fingerprint density at radius 1 is 1.36 bits per heavy atom. The number of rotatable bonds is 9. The first-order chi connectivity index (χ1) is 10.6. The van der Waals surface area contributed by atoms with Crippen molar-refractivity contribution in [2.75, 3.05) is 12.9 Å². The molecule has 1 amide bonds. The summed E-state index contributed by atoms with van der Waals surface area (Å²) in [6.07, 6.45) is 3.01. The monoisotopic (exact) mass is 323 g/mol. The highest BCUT2D eigenvalue weighted by atomic mass is 32.2. The van der Waals surface area contributed by atoms with Gasteiger partial charge in [0.15, 0.2) is 0 Å². The van der Waals surface area contributed by atoms with Gasteiger partial charge < -0.3 is 15.2 Å². The maximum Gasteiger partial charge on any atom is 0.326 e. The van der Waals surface area contributed by atoms with Gasteiger partial charge in [0.2, 0.25) is 5.91 Å². The predicted molar refractivity (Wildman–Crippen MR) is 85.2 cm³/mol. The smallest absolute Gasteiger partial charge is 0.326 e. The highest BCUT2D eigenvalue weighted by Gasteiger charge is 2.29. The van der Waals surface area contributed by atoms with E-state index in [0.29, 0.717) is 24.5 Å². The summed E-state index contributed by atoms with van der Waals surface area (Å²) in [5.74, 6) is 0.743. The van der Waals surface area contributed by atoms with Gasteiger partial charge in [0, 0.05) is 17.1 Å². The number of carboxylic acids is 1. The van der Waals surface area contributed by atoms with Crippen LogP contribution in [0.1, 0.15) is 25.7 Å². The van der Waals surface area contributed by atoms with Gasteiger partial charge in [0.1, 0.15) is 11.8 Å². The van der Waals surface area contributed by atoms with E-state index in [-0.39, 0.29) is 5.91 Å². The number of ether oxygens (including phenoxy) is 1. The van der Waals surface area contributed by atoms with Crippen molar-refractivity contribution in [3.05, 3.63) is 24.3 Å². The van der Waals surface area contributed by atoms with Crippen LogP contribution in [0.4, 0.5) is 0 Å². The first-order valence-corrected chi connectivity index (χ1v) is 8.36. The second-order valence-electron chi connectivity index (χ2n) is 5.41. The van der Waals surface area contributed by atoms with Crippen molar-refractivity contribution in [2.24, 2.45) is 5.92 Å². The summed E-state index contributed by atoms with van der Waals surface area (Å²) in [6, 6.07) is 6.88. The standard InChI is InChI=1S/C16H21NO4S/c1-21-12-4-6-13(7-5-12)22-9-8-15(18)17-14(16(19)20)10-11-2-3-11/h4-7,11,14H,2-3,8-10H2,1H3,(H,17,18)(H,19,20). The van der Waals surface area contributed by atoms with Gasteiger partial charge in [0.05, 0.1) is 7.11 Å². The Morgan fingerprint density at radius 3 is 2.59 bits per heavy atom. The topological polar surface area (TPSA) is 75.6 Å². The Bertz CT molecular complexity index is 513. The normalized spacial score (nSPS) is 15.1. The molecule has 5 nitrogen and oxygen atoms in total. The number of hydrogen-bond acceptors (Lipinski definition) is 4. The molecule has 1 aromatic carbocycles. The van der Waals surface area contributed by atoms with Gasteiger partial charge >= 0.3 is 5.97 Å². The molecule has 1 atom stereocenters. The second-order valence-corrected chi connectivity index (χ2v) is 6.58. The van der Waals surface area contributed by atoms with Crippen molar-refractivity contribution in [2.45, 2.75) is 36.6 Å². The molecule has 1 saturated carbocycles. The van der Waals surface area contributed by atoms with Crippen LogP contribution >= 0.6 is 11.8 Å². The summed E-state index contributed by atoms with van der Waals surface area (Å²) in [4.78, 5) is 24.0. The van der Waals surface area contributed by atoms with Gasteiger partial charge in [-0.15, -0.1) is 11.8 Å². The number of benzene rings is 1. The number of carbonyl (C=O) groups excluding carboxylic acids is 1. The zero-order chi connectivity index (χ0) is 15.9. The number of amides is 1. The maximum atomic E-state index is 11.8. The molecule has 2 N–H and O–H groups in total. The van der Waals surface area contributed by atoms with E-state index in [2.05, 4.69) is 5.32 Å². The van der Waals surface area contributed by atoms with Gasteiger partial charge in [-0.2, -0.15) is 0 Å². The lowest BCUT2D eigenvalue weighted by Gasteiger charge is -2.13. The molecule has 6 heteroatoms. The Labute approximate surface area is 134 Å². The molecule has 0 saturated heterocycles. The molecule has 0 aliphatic heterocycles. The number of aliphatic carboxylic acids is 1. The predicted octanol–water partition coefficient (Wildman–Crippen LogP) is 2.55. The average Bonchev–Trinajstić information content (AvgIpc) is 3.31. The molecule has 120 valence electrons. The molecule has 0 bridgehead atoms. The third kappa shape index (κ3) is 5.60. The van der Waals surface area contributed by atoms with E-state index in [9.17, 15) is 9.59 Å². The zero-order valence-corrected chi connectivity index (χ0v) is 13.4. The van der Waals surface area contributed by atoms with Gasteiger partial charge in [-0.1, -0.05) is 12.8 Å². The number of hydrogen-bond donors (Lipinski definition) is 2. The zero-order valence-electron chi connectivity index (χ0n) is 12.6. The van der Waals surface area contributed by atoms with Crippen molar-refractivity contribution in [3.8, 4) is 5.75 Å². The molecular weight excluding hydrogens is 302 g/mol. The van der Waals surface area contributed by atoms with Gasteiger partial charge in [0.25, 0.3) is 0 Å². The largest absolute Gasteiger partial charge is 0.497 e. The van der Waals surface area contributed by atoms with Crippen molar-refractivity contribution >= 4 is 23.6 Å². The molecule has 1 aromatic rings. The molecule has 0 aromatic heterocycles. The average molecular weight is 323 g/mol. The summed E-state index contributed by atoms with van der Waals surface area (Å²) >= 11 is 1.57. The highest BCUT2D eigenvalue weighted by Crippen LogP contribution is 2.33. The molecule has 0 heterocycles. The van der Waals surface area contributed by atoms with E-state index < -0.39 is 12.0 Å². The van der Waals surface area contributed by atoms with Crippen LogP contribution in [0.2, 0.25) is 0 Å². The lowest BCUT2D eigenvalue weighted by Crippen LogP contribution is -2.41. The van der Waals surface area contributed by atoms with Crippen molar-refractivity contribution in [1.29, 1.82) is 0 Å². The molecule has 0 radical (unpaired) electrons. The van der Waals surface area contributed by atoms with E-state index in [1.54, 1.807) is 18.9 Å². The van der Waals surface area contributed by atoms with Crippen LogP contribution in [0.5, 0.6) is 5.75 Å². The van der Waals surface area contributed by atoms with E-state index in [4.69, 9.17) is 9.84 Å². The second kappa shape index (κ2) is 8.08. The van der Waals surface area contributed by atoms with Crippen LogP contribution in [0.3, 0.4) is 0 Å². The number of thioether (sulfide) groups is 1. The molecule has 1 aliphatic carbocycles. The fourth-order valence-corrected chi connectivity index (χ4v) is 2.96. The van der Waals surface area contributed by atoms with E-state index in [1.807, 2.05) is 24.3 Å². The van der Waals surface area contributed by atoms with Crippen LogP contribution in [0.15, 0.2) is 29.2 Å². The molecular formula is C16H21NO4S. The molecule has 1 unspecified atom stereocenters. The number of methoxy groups -OCH3 is 1. The summed E-state index contributed by atoms with van der Waals surface area (Å²) in [7, 11) is 1.62. The highest BCUT2D eigenvalue weighted by molar-refractivity contribution is 7.99. The number of carbonyl (C=O) groups is 2. The molecule has 0 spiro atoms. The van der Waals surface area contributed by atoms with Crippen molar-refractivity contribution in [3.63, 3.8) is 0 Å². The number of nitrogens with one attached hydrogen (secondary N) is 1. The minimum absolute atomic E-state index is 0.200. The van der Waals surface area contributed by atoms with Crippen molar-refractivity contribution < 1.29 is 19.4 Å². The molecule has 1 fully saturated rings. The van der Waals surface area contributed by atoms with E-state index in [0.717, 1.165) is 23.5 Å². The molecule has 1 aliphatic rings. The Balaban J connectivity index is 1.70. The Morgan fingerprint density at radius 2 is 2.05 bits per heavy atom. The Kier molecular flexibility index (Phi) is 6.12. The first-order valence-electron chi connectivity index (χ1n) is 7.37. The van der Waals surface area contributed by atoms with Crippen molar-refractivity contribution in [1.82, 2.24) is 5.32 Å². The minimum Gasteiger partial charge on any atom is -0.497 e. The third-order valence-electron chi connectivity index (χ3n) is 3.56. The van der Waals surface area contributed by atoms with Crippen LogP contribution in [-0.4, -0.2) is 35.9 Å². The van der Waals surface area contributed by atoms with Crippen LogP contribution < -0.4 is 10.1 Å². The summed E-state index contributed by atoms with van der Waals surface area (Å²) in [6.45, 7) is 0. The fourth-order valence-electron chi connectivity index (χ4n) is 2.11. The van der Waals surface area contributed by atoms with Gasteiger partial charge in [-0.05, 0) is 36.6 Å². The SMILES string of the molecule is COc1ccc(SCCC(=O)NC(CC2CC2)C(=O)O)cc1. The molecule has 22 heavy (non-hydrogen) atoms. The first kappa shape index (κ1) is 16.7. The van der Waals surface area contributed by atoms with Gasteiger partial charge in [-0.25, -0.2) is 4.79 Å². The van der Waals surface area contributed by atoms with Crippen LogP contribution in [0.25, 0.3) is 0 Å². The van der Waals surface area contributed by atoms with Crippen LogP contribution in [0, 0.1) is 5.92 Å². The summed E-state index contributed by atoms with van der Waals surface area (Å²) in [5.41, 5.74) is 0. The van der Waals surface area contributed by atoms with E-state index in [1.165, 1.54) is 0 Å². The van der Waals surface area contributed by atoms with E-state index >= 15 is 0 Å². The quantitative estimate of drug-likeness (QED) is 0.683. The lowest BCUT2D eigenvalue weighted by atomic mass is 10.1. The maximum absolute atomic E-state index is 11.8. The van der Waals surface area contributed by atoms with Gasteiger partial charge in [-0.3, -0.25) is 4.79 Å². The fraction of sp³-hybridized carbons (Fsp3) is 0.500. The number of carboxylic acid groups (broad SMARTS) is 1. The third-order valence-corrected chi connectivity index (χ3v) is 4.57. The summed E-state index contributed by atoms with van der Waals surface area (Å²) < 4.78 is 5.09. The Hall–Kier alpha value is -1.69. The lowest BCUT2D eigenvalue weighted by molar-refractivity contribution is -0.142. The minimum atomic E-state index is -0.942.